The van der Waals surface area contributed by atoms with Crippen molar-refractivity contribution in [2.24, 2.45) is 5.73 Å². The van der Waals surface area contributed by atoms with Crippen molar-refractivity contribution < 1.29 is 20.8 Å². The van der Waals surface area contributed by atoms with E-state index in [4.69, 9.17) is 15.3 Å². The molecule has 0 saturated heterocycles. The van der Waals surface area contributed by atoms with E-state index in [-0.39, 0.29) is 5.48 Å². The fourth-order valence-corrected chi connectivity index (χ4v) is 0.153. The largest absolute Gasteiger partial charge is 0.481 e. The van der Waals surface area contributed by atoms with Gasteiger partial charge < -0.3 is 26.5 Å². The molecule has 0 aromatic carbocycles. The Morgan fingerprint density at radius 3 is 1.88 bits per heavy atom. The van der Waals surface area contributed by atoms with E-state index >= 15 is 0 Å². The van der Waals surface area contributed by atoms with Gasteiger partial charge in [0.15, 0.2) is 0 Å². The molecule has 0 aliphatic heterocycles. The van der Waals surface area contributed by atoms with Crippen molar-refractivity contribution in [2.75, 3.05) is 0 Å². The van der Waals surface area contributed by atoms with E-state index in [9.17, 15) is 0 Å². The summed E-state index contributed by atoms with van der Waals surface area (Å²) < 4.78 is 0. The van der Waals surface area contributed by atoms with Crippen LogP contribution in [0.2, 0.25) is 0 Å². The van der Waals surface area contributed by atoms with Crippen LogP contribution in [0.15, 0.2) is 12.0 Å². The van der Waals surface area contributed by atoms with Gasteiger partial charge in [0.2, 0.25) is 0 Å². The molecule has 0 heterocycles. The Morgan fingerprint density at radius 2 is 1.88 bits per heavy atom. The maximum absolute atomic E-state index is 8.10. The molecule has 0 aliphatic carbocycles. The Bertz CT molecular complexity index is 75.4. The highest BCUT2D eigenvalue weighted by molar-refractivity contribution is 4.82. The van der Waals surface area contributed by atoms with E-state index in [0.29, 0.717) is 6.08 Å². The lowest BCUT2D eigenvalue weighted by atomic mass is 10.5. The topological polar surface area (TPSA) is 118 Å². The van der Waals surface area contributed by atoms with Crippen LogP contribution in [0.5, 0.6) is 0 Å². The van der Waals surface area contributed by atoms with Crippen LogP contribution in [0.1, 0.15) is 0 Å². The van der Waals surface area contributed by atoms with Crippen molar-refractivity contribution in [1.82, 2.24) is 0 Å². The monoisotopic (exact) mass is 123 g/mol. The molecule has 8 heavy (non-hydrogen) atoms. The van der Waals surface area contributed by atoms with Gasteiger partial charge in [-0.3, -0.25) is 0 Å². The minimum atomic E-state index is -1.29. The maximum atomic E-state index is 8.10. The lowest BCUT2D eigenvalue weighted by Gasteiger charge is -1.91. The number of rotatable bonds is 1. The van der Waals surface area contributed by atoms with Gasteiger partial charge in [0, 0.05) is 6.08 Å². The fraction of sp³-hybridized carbons (Fsp3) is 0.333. The van der Waals surface area contributed by atoms with E-state index in [2.05, 4.69) is 5.73 Å². The minimum absolute atomic E-state index is 0. The predicted molar refractivity (Wildman–Crippen MR) is 27.1 cm³/mol. The van der Waals surface area contributed by atoms with Gasteiger partial charge in [0.25, 0.3) is 5.95 Å². The van der Waals surface area contributed by atoms with Crippen LogP contribution in [0.3, 0.4) is 0 Å². The SMILES string of the molecule is NC(O)C=C(O)O.O. The van der Waals surface area contributed by atoms with Crippen LogP contribution in [-0.4, -0.2) is 27.0 Å². The lowest BCUT2D eigenvalue weighted by Crippen LogP contribution is -2.15. The van der Waals surface area contributed by atoms with Gasteiger partial charge in [-0.05, 0) is 0 Å². The summed E-state index contributed by atoms with van der Waals surface area (Å²) >= 11 is 0. The third-order valence-corrected chi connectivity index (χ3v) is 0.320. The minimum Gasteiger partial charge on any atom is -0.481 e. The van der Waals surface area contributed by atoms with Crippen molar-refractivity contribution in [3.8, 4) is 0 Å². The second kappa shape index (κ2) is 4.38. The third kappa shape index (κ3) is 8.97. The number of aliphatic hydroxyl groups is 3. The summed E-state index contributed by atoms with van der Waals surface area (Å²) in [5, 5.41) is 23.9. The first-order chi connectivity index (χ1) is 3.13. The van der Waals surface area contributed by atoms with Crippen LogP contribution >= 0.6 is 0 Å². The van der Waals surface area contributed by atoms with Crippen molar-refractivity contribution in [2.45, 2.75) is 6.23 Å². The maximum Gasteiger partial charge on any atom is 0.273 e. The zero-order chi connectivity index (χ0) is 5.86. The van der Waals surface area contributed by atoms with Crippen molar-refractivity contribution >= 4 is 0 Å². The Balaban J connectivity index is 0. The van der Waals surface area contributed by atoms with Crippen LogP contribution in [0, 0.1) is 0 Å². The average Bonchev–Trinajstić information content (AvgIpc) is 1.27. The first-order valence-corrected chi connectivity index (χ1v) is 1.66. The van der Waals surface area contributed by atoms with Crippen LogP contribution in [0.25, 0.3) is 0 Å². The number of nitrogens with two attached hydrogens (primary N) is 1. The van der Waals surface area contributed by atoms with Crippen LogP contribution in [-0.2, 0) is 0 Å². The summed E-state index contributed by atoms with van der Waals surface area (Å²) in [5.74, 6) is -0.963. The number of aliphatic hydroxyl groups excluding tert-OH is 2. The van der Waals surface area contributed by atoms with Crippen molar-refractivity contribution in [3.05, 3.63) is 12.0 Å². The highest BCUT2D eigenvalue weighted by Gasteiger charge is 1.88. The third-order valence-electron chi connectivity index (χ3n) is 0.320. The molecule has 0 saturated carbocycles. The molecule has 0 spiro atoms. The zero-order valence-electron chi connectivity index (χ0n) is 4.07. The van der Waals surface area contributed by atoms with Gasteiger partial charge in [-0.25, -0.2) is 0 Å². The molecule has 5 heteroatoms. The molecule has 0 aliphatic rings. The first kappa shape index (κ1) is 10.3. The Hall–Kier alpha value is -0.780. The second-order valence-corrected chi connectivity index (χ2v) is 1.02. The number of hydrogen-bond acceptors (Lipinski definition) is 4. The molecule has 1 unspecified atom stereocenters. The lowest BCUT2D eigenvalue weighted by molar-refractivity contribution is 0.166. The molecule has 50 valence electrons. The van der Waals surface area contributed by atoms with Crippen molar-refractivity contribution in [3.63, 3.8) is 0 Å². The van der Waals surface area contributed by atoms with E-state index in [1.54, 1.807) is 0 Å². The van der Waals surface area contributed by atoms with E-state index < -0.39 is 12.2 Å². The molecular formula is C3H9NO4. The van der Waals surface area contributed by atoms with Crippen LogP contribution < -0.4 is 5.73 Å². The summed E-state index contributed by atoms with van der Waals surface area (Å²) in [6.07, 6.45) is -0.593. The quantitative estimate of drug-likeness (QED) is 0.248. The molecule has 5 nitrogen and oxygen atoms in total. The van der Waals surface area contributed by atoms with Gasteiger partial charge in [0.05, 0.1) is 0 Å². The molecule has 0 rings (SSSR count). The fourth-order valence-electron chi connectivity index (χ4n) is 0.153. The van der Waals surface area contributed by atoms with Gasteiger partial charge >= 0.3 is 0 Å². The summed E-state index contributed by atoms with van der Waals surface area (Å²) in [4.78, 5) is 0. The first-order valence-electron chi connectivity index (χ1n) is 1.66. The Labute approximate surface area is 46.0 Å². The van der Waals surface area contributed by atoms with Gasteiger partial charge in [-0.2, -0.15) is 0 Å². The van der Waals surface area contributed by atoms with Crippen molar-refractivity contribution in [1.29, 1.82) is 0 Å². The molecule has 1 atom stereocenters. The summed E-state index contributed by atoms with van der Waals surface area (Å²) in [7, 11) is 0. The normalized spacial score (nSPS) is 11.2. The molecule has 7 N–H and O–H groups in total. The standard InChI is InChI=1S/C3H7NO3.H2O/c4-2(5)1-3(6)7;/h1-2,5-7H,4H2;1H2. The predicted octanol–water partition coefficient (Wildman–Crippen LogP) is -1.60. The van der Waals surface area contributed by atoms with Gasteiger partial charge in [-0.1, -0.05) is 0 Å². The zero-order valence-corrected chi connectivity index (χ0v) is 4.07. The smallest absolute Gasteiger partial charge is 0.273 e. The molecule has 0 bridgehead atoms. The number of hydrogen-bond donors (Lipinski definition) is 4. The molecule has 0 radical (unpaired) electrons. The van der Waals surface area contributed by atoms with Gasteiger partial charge in [0.1, 0.15) is 6.23 Å². The summed E-state index contributed by atoms with van der Waals surface area (Å²) in [6, 6.07) is 0. The highest BCUT2D eigenvalue weighted by atomic mass is 16.5. The molecular weight excluding hydrogens is 114 g/mol. The molecule has 0 fully saturated rings. The summed E-state index contributed by atoms with van der Waals surface area (Å²) in [5.41, 5.74) is 4.65. The van der Waals surface area contributed by atoms with E-state index in [1.165, 1.54) is 0 Å². The molecule has 0 aromatic heterocycles. The van der Waals surface area contributed by atoms with E-state index in [1.807, 2.05) is 0 Å². The molecule has 0 aromatic rings. The highest BCUT2D eigenvalue weighted by Crippen LogP contribution is 1.79. The average molecular weight is 123 g/mol. The van der Waals surface area contributed by atoms with Crippen LogP contribution in [0.4, 0.5) is 0 Å². The molecule has 0 amide bonds. The Kier molecular flexibility index (Phi) is 5.61. The van der Waals surface area contributed by atoms with E-state index in [0.717, 1.165) is 0 Å². The van der Waals surface area contributed by atoms with Gasteiger partial charge in [-0.15, -0.1) is 0 Å². The summed E-state index contributed by atoms with van der Waals surface area (Å²) in [6.45, 7) is 0. The Morgan fingerprint density at radius 1 is 1.50 bits per heavy atom. The second-order valence-electron chi connectivity index (χ2n) is 1.02.